The molecular weight excluding hydrogens is 248 g/mol. The maximum atomic E-state index is 12.4. The number of unbranched alkanes of at least 4 members (excludes halogenated alkanes) is 1. The predicted octanol–water partition coefficient (Wildman–Crippen LogP) is 1.58. The molecule has 2 rings (SSSR count). The first-order valence-electron chi connectivity index (χ1n) is 7.33. The molecule has 1 saturated heterocycles. The van der Waals surface area contributed by atoms with Gasteiger partial charge < -0.3 is 5.32 Å². The number of hydrogen-bond acceptors (Lipinski definition) is 3. The van der Waals surface area contributed by atoms with Crippen molar-refractivity contribution < 1.29 is 8.42 Å². The molecule has 0 radical (unpaired) electrons. The summed E-state index contributed by atoms with van der Waals surface area (Å²) < 4.78 is 26.5. The highest BCUT2D eigenvalue weighted by Crippen LogP contribution is 2.31. The van der Waals surface area contributed by atoms with Gasteiger partial charge in [0, 0.05) is 12.6 Å². The van der Waals surface area contributed by atoms with Gasteiger partial charge in [-0.25, -0.2) is 8.42 Å². The fourth-order valence-corrected chi connectivity index (χ4v) is 4.61. The quantitative estimate of drug-likeness (QED) is 0.767. The van der Waals surface area contributed by atoms with E-state index in [1.807, 2.05) is 11.2 Å². The number of hydrogen-bond donors (Lipinski definition) is 1. The minimum atomic E-state index is -3.01. The van der Waals surface area contributed by atoms with E-state index in [2.05, 4.69) is 5.32 Å². The van der Waals surface area contributed by atoms with Crippen molar-refractivity contribution in [2.45, 2.75) is 51.5 Å². The first-order valence-corrected chi connectivity index (χ1v) is 8.94. The molecule has 1 aliphatic heterocycles. The van der Waals surface area contributed by atoms with E-state index in [4.69, 9.17) is 0 Å². The zero-order valence-electron chi connectivity index (χ0n) is 11.4. The number of piperidine rings is 1. The van der Waals surface area contributed by atoms with Crippen molar-refractivity contribution >= 4 is 10.0 Å². The highest BCUT2D eigenvalue weighted by molar-refractivity contribution is 7.89. The van der Waals surface area contributed by atoms with Crippen molar-refractivity contribution in [3.63, 3.8) is 0 Å². The predicted molar refractivity (Wildman–Crippen MR) is 74.0 cm³/mol. The van der Waals surface area contributed by atoms with Gasteiger partial charge in [-0.1, -0.05) is 13.3 Å². The standard InChI is InChI=1S/C13H26N2O2S/c1-2-3-10-18(16,17)15(13-4-5-13)11-12-6-8-14-9-7-12/h12-14H,2-11H2,1H3. The first-order chi connectivity index (χ1) is 8.63. The summed E-state index contributed by atoms with van der Waals surface area (Å²) in [7, 11) is -3.01. The smallest absolute Gasteiger partial charge is 0.214 e. The summed E-state index contributed by atoms with van der Waals surface area (Å²) in [5, 5.41) is 3.34. The molecule has 2 fully saturated rings. The Hall–Kier alpha value is -0.130. The summed E-state index contributed by atoms with van der Waals surface area (Å²) in [5.74, 6) is 0.897. The van der Waals surface area contributed by atoms with E-state index in [0.717, 1.165) is 58.2 Å². The van der Waals surface area contributed by atoms with Crippen molar-refractivity contribution in [2.24, 2.45) is 5.92 Å². The van der Waals surface area contributed by atoms with Crippen LogP contribution in [0.25, 0.3) is 0 Å². The van der Waals surface area contributed by atoms with Crippen LogP contribution in [0.3, 0.4) is 0 Å². The zero-order valence-corrected chi connectivity index (χ0v) is 12.2. The average molecular weight is 274 g/mol. The van der Waals surface area contributed by atoms with Gasteiger partial charge in [-0.05, 0) is 51.1 Å². The van der Waals surface area contributed by atoms with Crippen LogP contribution in [-0.4, -0.2) is 44.2 Å². The van der Waals surface area contributed by atoms with E-state index in [-0.39, 0.29) is 0 Å². The van der Waals surface area contributed by atoms with E-state index in [0.29, 0.717) is 17.7 Å². The molecule has 0 aromatic carbocycles. The molecule has 2 aliphatic rings. The maximum absolute atomic E-state index is 12.4. The molecule has 0 aromatic heterocycles. The second kappa shape index (κ2) is 6.35. The molecule has 1 heterocycles. The lowest BCUT2D eigenvalue weighted by atomic mass is 9.98. The first kappa shape index (κ1) is 14.3. The molecule has 1 saturated carbocycles. The largest absolute Gasteiger partial charge is 0.317 e. The summed E-state index contributed by atoms with van der Waals surface area (Å²) in [6.07, 6.45) is 6.11. The van der Waals surface area contributed by atoms with Gasteiger partial charge in [-0.15, -0.1) is 0 Å². The van der Waals surface area contributed by atoms with E-state index in [1.165, 1.54) is 0 Å². The van der Waals surface area contributed by atoms with Crippen molar-refractivity contribution in [3.8, 4) is 0 Å². The third kappa shape index (κ3) is 3.93. The van der Waals surface area contributed by atoms with Crippen LogP contribution in [0.2, 0.25) is 0 Å². The van der Waals surface area contributed by atoms with Crippen LogP contribution in [0, 0.1) is 5.92 Å². The minimum absolute atomic E-state index is 0.321. The molecular formula is C13H26N2O2S. The van der Waals surface area contributed by atoms with E-state index in [9.17, 15) is 8.42 Å². The molecule has 0 atom stereocenters. The van der Waals surface area contributed by atoms with Crippen LogP contribution in [-0.2, 0) is 10.0 Å². The average Bonchev–Trinajstić information content (AvgIpc) is 3.19. The second-order valence-corrected chi connectivity index (χ2v) is 7.70. The van der Waals surface area contributed by atoms with Crippen molar-refractivity contribution in [3.05, 3.63) is 0 Å². The molecule has 18 heavy (non-hydrogen) atoms. The SMILES string of the molecule is CCCCS(=O)(=O)N(CC1CCNCC1)C1CC1. The van der Waals surface area contributed by atoms with E-state index >= 15 is 0 Å². The third-order valence-electron chi connectivity index (χ3n) is 3.96. The molecule has 4 nitrogen and oxygen atoms in total. The Morgan fingerprint density at radius 3 is 2.39 bits per heavy atom. The molecule has 0 spiro atoms. The van der Waals surface area contributed by atoms with Gasteiger partial charge in [0.25, 0.3) is 0 Å². The maximum Gasteiger partial charge on any atom is 0.214 e. The fourth-order valence-electron chi connectivity index (χ4n) is 2.62. The van der Waals surface area contributed by atoms with Crippen LogP contribution in [0.4, 0.5) is 0 Å². The Kier molecular flexibility index (Phi) is 5.04. The highest BCUT2D eigenvalue weighted by Gasteiger charge is 2.37. The Bertz CT molecular complexity index is 346. The van der Waals surface area contributed by atoms with Gasteiger partial charge in [0.2, 0.25) is 10.0 Å². The summed E-state index contributed by atoms with van der Waals surface area (Å²) in [4.78, 5) is 0. The molecule has 1 aliphatic carbocycles. The van der Waals surface area contributed by atoms with Crippen LogP contribution >= 0.6 is 0 Å². The zero-order chi connectivity index (χ0) is 13.0. The lowest BCUT2D eigenvalue weighted by Gasteiger charge is -2.29. The monoisotopic (exact) mass is 274 g/mol. The van der Waals surface area contributed by atoms with Crippen LogP contribution in [0.1, 0.15) is 45.4 Å². The minimum Gasteiger partial charge on any atom is -0.317 e. The third-order valence-corrected chi connectivity index (χ3v) is 5.93. The van der Waals surface area contributed by atoms with E-state index in [1.54, 1.807) is 0 Å². The molecule has 106 valence electrons. The molecule has 1 N–H and O–H groups in total. The van der Waals surface area contributed by atoms with Gasteiger partial charge in [0.15, 0.2) is 0 Å². The summed E-state index contributed by atoms with van der Waals surface area (Å²) in [6, 6.07) is 0.321. The summed E-state index contributed by atoms with van der Waals surface area (Å²) in [6.45, 7) is 4.89. The number of rotatable bonds is 7. The Morgan fingerprint density at radius 1 is 1.17 bits per heavy atom. The molecule has 5 heteroatoms. The topological polar surface area (TPSA) is 49.4 Å². The molecule has 0 unspecified atom stereocenters. The van der Waals surface area contributed by atoms with E-state index < -0.39 is 10.0 Å². The van der Waals surface area contributed by atoms with Gasteiger partial charge in [0.05, 0.1) is 5.75 Å². The Balaban J connectivity index is 1.94. The molecule has 0 bridgehead atoms. The number of nitrogens with one attached hydrogen (secondary N) is 1. The highest BCUT2D eigenvalue weighted by atomic mass is 32.2. The van der Waals surface area contributed by atoms with Crippen LogP contribution in [0.15, 0.2) is 0 Å². The van der Waals surface area contributed by atoms with Gasteiger partial charge in [-0.2, -0.15) is 4.31 Å². The number of sulfonamides is 1. The lowest BCUT2D eigenvalue weighted by Crippen LogP contribution is -2.41. The van der Waals surface area contributed by atoms with Crippen molar-refractivity contribution in [1.82, 2.24) is 9.62 Å². The normalized spacial score (nSPS) is 22.6. The molecule has 0 aromatic rings. The summed E-state index contributed by atoms with van der Waals surface area (Å²) >= 11 is 0. The van der Waals surface area contributed by atoms with Gasteiger partial charge >= 0.3 is 0 Å². The number of nitrogens with zero attached hydrogens (tertiary/aromatic N) is 1. The van der Waals surface area contributed by atoms with Crippen LogP contribution < -0.4 is 5.32 Å². The Labute approximate surface area is 111 Å². The second-order valence-electron chi connectivity index (χ2n) is 5.66. The lowest BCUT2D eigenvalue weighted by molar-refractivity contribution is 0.283. The molecule has 0 amide bonds. The van der Waals surface area contributed by atoms with Crippen molar-refractivity contribution in [1.29, 1.82) is 0 Å². The summed E-state index contributed by atoms with van der Waals surface area (Å²) in [5.41, 5.74) is 0. The van der Waals surface area contributed by atoms with Crippen molar-refractivity contribution in [2.75, 3.05) is 25.4 Å². The Morgan fingerprint density at radius 2 is 1.83 bits per heavy atom. The van der Waals surface area contributed by atoms with Gasteiger partial charge in [0.1, 0.15) is 0 Å². The van der Waals surface area contributed by atoms with Crippen LogP contribution in [0.5, 0.6) is 0 Å². The van der Waals surface area contributed by atoms with Gasteiger partial charge in [-0.3, -0.25) is 0 Å². The fraction of sp³-hybridized carbons (Fsp3) is 1.00.